The highest BCUT2D eigenvalue weighted by molar-refractivity contribution is 5.74. The van der Waals surface area contributed by atoms with Crippen LogP contribution in [0.4, 0.5) is 4.79 Å². The van der Waals surface area contributed by atoms with Crippen LogP contribution < -0.4 is 5.32 Å². The van der Waals surface area contributed by atoms with Gasteiger partial charge in [-0.25, -0.2) is 4.79 Å². The average molecular weight is 279 g/mol. The minimum atomic E-state index is -0.0949. The molecule has 0 spiro atoms. The topological polar surface area (TPSA) is 54.5 Å². The minimum absolute atomic E-state index is 0.00887. The van der Waals surface area contributed by atoms with Crippen molar-refractivity contribution in [1.29, 1.82) is 0 Å². The summed E-state index contributed by atoms with van der Waals surface area (Å²) in [6, 6.07) is 3.75. The molecular weight excluding hydrogens is 254 g/mol. The maximum atomic E-state index is 12.0. The Balaban J connectivity index is 2.32. The standard InChI is InChI=1S/C15H25N3O2/c1-12(2)11-20-10-9-17-15(19)18(4)13(3)14-5-7-16-8-6-14/h5-8,12-13H,9-11H2,1-4H3,(H,17,19). The number of carbonyl (C=O) groups excluding carboxylic acids is 1. The van der Waals surface area contributed by atoms with Gasteiger partial charge in [-0.05, 0) is 30.5 Å². The van der Waals surface area contributed by atoms with Crippen LogP contribution in [0.15, 0.2) is 24.5 Å². The number of carbonyl (C=O) groups is 1. The summed E-state index contributed by atoms with van der Waals surface area (Å²) in [6.45, 7) is 7.98. The number of hydrogen-bond acceptors (Lipinski definition) is 3. The molecule has 20 heavy (non-hydrogen) atoms. The lowest BCUT2D eigenvalue weighted by Crippen LogP contribution is -2.40. The summed E-state index contributed by atoms with van der Waals surface area (Å²) < 4.78 is 5.43. The van der Waals surface area contributed by atoms with Gasteiger partial charge in [-0.1, -0.05) is 13.8 Å². The first-order valence-electron chi connectivity index (χ1n) is 7.00. The number of hydrogen-bond donors (Lipinski definition) is 1. The highest BCUT2D eigenvalue weighted by Gasteiger charge is 2.16. The van der Waals surface area contributed by atoms with Gasteiger partial charge in [0.2, 0.25) is 0 Å². The van der Waals surface area contributed by atoms with Crippen LogP contribution in [0.2, 0.25) is 0 Å². The number of aromatic nitrogens is 1. The van der Waals surface area contributed by atoms with Crippen molar-refractivity contribution < 1.29 is 9.53 Å². The summed E-state index contributed by atoms with van der Waals surface area (Å²) >= 11 is 0. The van der Waals surface area contributed by atoms with Crippen LogP contribution in [-0.4, -0.2) is 42.7 Å². The molecule has 1 rings (SSSR count). The first-order valence-corrected chi connectivity index (χ1v) is 7.00. The van der Waals surface area contributed by atoms with Gasteiger partial charge in [0, 0.05) is 32.6 Å². The van der Waals surface area contributed by atoms with Gasteiger partial charge >= 0.3 is 6.03 Å². The number of nitrogens with zero attached hydrogens (tertiary/aromatic N) is 2. The Labute approximate surface area is 121 Å². The Hall–Kier alpha value is -1.62. The molecule has 0 fully saturated rings. The molecule has 0 saturated heterocycles. The molecule has 1 heterocycles. The lowest BCUT2D eigenvalue weighted by atomic mass is 10.1. The van der Waals surface area contributed by atoms with Crippen LogP contribution in [0.3, 0.4) is 0 Å². The number of rotatable bonds is 7. The summed E-state index contributed by atoms with van der Waals surface area (Å²) in [7, 11) is 1.79. The number of pyridine rings is 1. The zero-order valence-corrected chi connectivity index (χ0v) is 12.8. The van der Waals surface area contributed by atoms with Crippen molar-refractivity contribution >= 4 is 6.03 Å². The molecule has 1 aromatic rings. The first-order chi connectivity index (χ1) is 9.52. The fourth-order valence-electron chi connectivity index (χ4n) is 1.72. The Morgan fingerprint density at radius 1 is 1.35 bits per heavy atom. The lowest BCUT2D eigenvalue weighted by molar-refractivity contribution is 0.111. The van der Waals surface area contributed by atoms with E-state index in [1.54, 1.807) is 24.3 Å². The van der Waals surface area contributed by atoms with Gasteiger partial charge in [0.1, 0.15) is 0 Å². The van der Waals surface area contributed by atoms with Crippen LogP contribution in [0, 0.1) is 5.92 Å². The van der Waals surface area contributed by atoms with Crippen LogP contribution in [0.25, 0.3) is 0 Å². The van der Waals surface area contributed by atoms with Crippen LogP contribution in [0.1, 0.15) is 32.4 Å². The van der Waals surface area contributed by atoms with E-state index in [0.29, 0.717) is 19.1 Å². The Bertz CT molecular complexity index is 395. The number of urea groups is 1. The van der Waals surface area contributed by atoms with Gasteiger partial charge in [-0.15, -0.1) is 0 Å². The van der Waals surface area contributed by atoms with Crippen molar-refractivity contribution in [1.82, 2.24) is 15.2 Å². The van der Waals surface area contributed by atoms with Crippen molar-refractivity contribution in [2.24, 2.45) is 5.92 Å². The average Bonchev–Trinajstić information content (AvgIpc) is 2.45. The molecule has 0 radical (unpaired) electrons. The van der Waals surface area contributed by atoms with E-state index in [0.717, 1.165) is 12.2 Å². The van der Waals surface area contributed by atoms with Gasteiger partial charge in [0.15, 0.2) is 0 Å². The third-order valence-electron chi connectivity index (χ3n) is 3.06. The van der Waals surface area contributed by atoms with Gasteiger partial charge < -0.3 is 15.0 Å². The molecule has 1 aromatic heterocycles. The smallest absolute Gasteiger partial charge is 0.317 e. The van der Waals surface area contributed by atoms with Crippen LogP contribution >= 0.6 is 0 Å². The molecule has 0 aliphatic carbocycles. The zero-order valence-electron chi connectivity index (χ0n) is 12.8. The van der Waals surface area contributed by atoms with Crippen molar-refractivity contribution in [2.75, 3.05) is 26.8 Å². The van der Waals surface area contributed by atoms with E-state index in [1.807, 2.05) is 19.1 Å². The zero-order chi connectivity index (χ0) is 15.0. The molecular formula is C15H25N3O2. The molecule has 0 aliphatic rings. The monoisotopic (exact) mass is 279 g/mol. The van der Waals surface area contributed by atoms with Gasteiger partial charge in [-0.3, -0.25) is 4.98 Å². The van der Waals surface area contributed by atoms with Gasteiger partial charge in [-0.2, -0.15) is 0 Å². The molecule has 5 heteroatoms. The third kappa shape index (κ3) is 5.57. The van der Waals surface area contributed by atoms with E-state index in [1.165, 1.54) is 0 Å². The summed E-state index contributed by atoms with van der Waals surface area (Å²) in [5.41, 5.74) is 1.06. The Kier molecular flexibility index (Phi) is 7.01. The second kappa shape index (κ2) is 8.53. The lowest BCUT2D eigenvalue weighted by Gasteiger charge is -2.25. The Morgan fingerprint density at radius 3 is 2.60 bits per heavy atom. The predicted molar refractivity (Wildman–Crippen MR) is 79.5 cm³/mol. The Morgan fingerprint density at radius 2 is 2.00 bits per heavy atom. The molecule has 1 N–H and O–H groups in total. The second-order valence-electron chi connectivity index (χ2n) is 5.27. The van der Waals surface area contributed by atoms with Crippen molar-refractivity contribution in [3.05, 3.63) is 30.1 Å². The van der Waals surface area contributed by atoms with E-state index in [9.17, 15) is 4.79 Å². The van der Waals surface area contributed by atoms with Crippen LogP contribution in [-0.2, 0) is 4.74 Å². The van der Waals surface area contributed by atoms with E-state index in [4.69, 9.17) is 4.74 Å². The molecule has 1 unspecified atom stereocenters. The number of amides is 2. The fourth-order valence-corrected chi connectivity index (χ4v) is 1.72. The highest BCUT2D eigenvalue weighted by Crippen LogP contribution is 2.17. The molecule has 0 saturated carbocycles. The summed E-state index contributed by atoms with van der Waals surface area (Å²) in [5.74, 6) is 0.514. The predicted octanol–water partition coefficient (Wildman–Crippen LogP) is 2.46. The molecule has 1 atom stereocenters. The van der Waals surface area contributed by atoms with Crippen molar-refractivity contribution in [3.8, 4) is 0 Å². The van der Waals surface area contributed by atoms with Crippen molar-refractivity contribution in [2.45, 2.75) is 26.8 Å². The third-order valence-corrected chi connectivity index (χ3v) is 3.06. The van der Waals surface area contributed by atoms with Gasteiger partial charge in [0.25, 0.3) is 0 Å². The van der Waals surface area contributed by atoms with Crippen LogP contribution in [0.5, 0.6) is 0 Å². The first kappa shape index (κ1) is 16.4. The van der Waals surface area contributed by atoms with E-state index >= 15 is 0 Å². The summed E-state index contributed by atoms with van der Waals surface area (Å²) in [6.07, 6.45) is 3.47. The normalized spacial score (nSPS) is 12.2. The quantitative estimate of drug-likeness (QED) is 0.780. The molecule has 0 aliphatic heterocycles. The molecule has 5 nitrogen and oxygen atoms in total. The molecule has 0 aromatic carbocycles. The maximum Gasteiger partial charge on any atom is 0.317 e. The summed E-state index contributed by atoms with van der Waals surface area (Å²) in [4.78, 5) is 17.7. The highest BCUT2D eigenvalue weighted by atomic mass is 16.5. The fraction of sp³-hybridized carbons (Fsp3) is 0.600. The van der Waals surface area contributed by atoms with E-state index in [2.05, 4.69) is 24.1 Å². The second-order valence-corrected chi connectivity index (χ2v) is 5.27. The number of ether oxygens (including phenoxy) is 1. The number of nitrogens with one attached hydrogen (secondary N) is 1. The van der Waals surface area contributed by atoms with E-state index in [-0.39, 0.29) is 12.1 Å². The van der Waals surface area contributed by atoms with Crippen molar-refractivity contribution in [3.63, 3.8) is 0 Å². The minimum Gasteiger partial charge on any atom is -0.379 e. The molecule has 0 bridgehead atoms. The largest absolute Gasteiger partial charge is 0.379 e. The molecule has 2 amide bonds. The molecule has 112 valence electrons. The summed E-state index contributed by atoms with van der Waals surface area (Å²) in [5, 5.41) is 2.85. The van der Waals surface area contributed by atoms with Gasteiger partial charge in [0.05, 0.1) is 12.6 Å². The SMILES string of the molecule is CC(C)COCCNC(=O)N(C)C(C)c1ccncc1. The van der Waals surface area contributed by atoms with E-state index < -0.39 is 0 Å². The maximum absolute atomic E-state index is 12.0.